The zero-order valence-corrected chi connectivity index (χ0v) is 16.1. The van der Waals surface area contributed by atoms with Crippen LogP contribution in [-0.4, -0.2) is 12.1 Å². The molecule has 30 heavy (non-hydrogen) atoms. The molecule has 0 unspecified atom stereocenters. The van der Waals surface area contributed by atoms with Crippen LogP contribution < -0.4 is 10.2 Å². The number of hydrazone groups is 1. The van der Waals surface area contributed by atoms with E-state index < -0.39 is 11.7 Å². The molecule has 5 heteroatoms. The number of benzene rings is 4. The number of amides is 1. The first kappa shape index (κ1) is 19.3. The molecular formula is C25H19FN2O2. The molecule has 4 aromatic carbocycles. The summed E-state index contributed by atoms with van der Waals surface area (Å²) in [5.74, 6) is -0.155. The van der Waals surface area contributed by atoms with Crippen LogP contribution in [0.3, 0.4) is 0 Å². The fourth-order valence-corrected chi connectivity index (χ4v) is 3.12. The van der Waals surface area contributed by atoms with E-state index in [1.807, 2.05) is 48.5 Å². The molecule has 4 rings (SSSR count). The Kier molecular flexibility index (Phi) is 5.80. The predicted molar refractivity (Wildman–Crippen MR) is 116 cm³/mol. The Morgan fingerprint density at radius 1 is 0.900 bits per heavy atom. The highest BCUT2D eigenvalue weighted by atomic mass is 19.1. The second-order valence-electron chi connectivity index (χ2n) is 6.67. The van der Waals surface area contributed by atoms with Crippen molar-refractivity contribution >= 4 is 22.9 Å². The Morgan fingerprint density at radius 3 is 2.50 bits per heavy atom. The summed E-state index contributed by atoms with van der Waals surface area (Å²) in [5.41, 5.74) is 4.59. The third-order valence-corrected chi connectivity index (χ3v) is 4.66. The third kappa shape index (κ3) is 4.52. The van der Waals surface area contributed by atoms with Gasteiger partial charge in [0.15, 0.2) is 0 Å². The van der Waals surface area contributed by atoms with Gasteiger partial charge < -0.3 is 4.74 Å². The van der Waals surface area contributed by atoms with Gasteiger partial charge in [-0.1, -0.05) is 54.6 Å². The van der Waals surface area contributed by atoms with Gasteiger partial charge >= 0.3 is 0 Å². The van der Waals surface area contributed by atoms with Crippen molar-refractivity contribution in [2.24, 2.45) is 5.10 Å². The molecule has 0 bridgehead atoms. The summed E-state index contributed by atoms with van der Waals surface area (Å²) in [6.45, 7) is 0.411. The molecule has 1 N–H and O–H groups in total. The van der Waals surface area contributed by atoms with Gasteiger partial charge in [0, 0.05) is 11.1 Å². The SMILES string of the molecule is O=C(N/N=C\c1ccccc1OCc1cccc2ccccc12)c1ccc(F)cc1. The van der Waals surface area contributed by atoms with Crippen LogP contribution in [0, 0.1) is 5.82 Å². The van der Waals surface area contributed by atoms with Crippen molar-refractivity contribution in [2.45, 2.75) is 6.61 Å². The number of ether oxygens (including phenoxy) is 1. The molecule has 0 aliphatic heterocycles. The summed E-state index contributed by atoms with van der Waals surface area (Å²) in [7, 11) is 0. The highest BCUT2D eigenvalue weighted by molar-refractivity contribution is 5.95. The van der Waals surface area contributed by atoms with Crippen molar-refractivity contribution in [3.8, 4) is 5.75 Å². The molecular weight excluding hydrogens is 379 g/mol. The molecule has 0 spiro atoms. The van der Waals surface area contributed by atoms with Crippen LogP contribution in [0.4, 0.5) is 4.39 Å². The zero-order chi connectivity index (χ0) is 20.8. The molecule has 4 aromatic rings. The lowest BCUT2D eigenvalue weighted by molar-refractivity contribution is 0.0955. The molecule has 4 nitrogen and oxygen atoms in total. The van der Waals surface area contributed by atoms with Crippen molar-refractivity contribution in [1.29, 1.82) is 0 Å². The molecule has 0 saturated carbocycles. The van der Waals surface area contributed by atoms with Gasteiger partial charge in [-0.2, -0.15) is 5.10 Å². The largest absolute Gasteiger partial charge is 0.488 e. The lowest BCUT2D eigenvalue weighted by Crippen LogP contribution is -2.17. The van der Waals surface area contributed by atoms with E-state index in [1.165, 1.54) is 30.5 Å². The minimum atomic E-state index is -0.416. The fourth-order valence-electron chi connectivity index (χ4n) is 3.12. The maximum absolute atomic E-state index is 13.0. The first-order valence-corrected chi connectivity index (χ1v) is 9.48. The topological polar surface area (TPSA) is 50.7 Å². The van der Waals surface area contributed by atoms with Crippen LogP contribution in [0.2, 0.25) is 0 Å². The van der Waals surface area contributed by atoms with E-state index in [0.717, 1.165) is 21.9 Å². The molecule has 0 aliphatic rings. The average molecular weight is 398 g/mol. The molecule has 0 heterocycles. The van der Waals surface area contributed by atoms with Crippen LogP contribution in [0.5, 0.6) is 5.75 Å². The number of hydrogen-bond acceptors (Lipinski definition) is 3. The van der Waals surface area contributed by atoms with Crippen molar-refractivity contribution in [3.63, 3.8) is 0 Å². The van der Waals surface area contributed by atoms with Crippen molar-refractivity contribution < 1.29 is 13.9 Å². The number of rotatable bonds is 6. The Balaban J connectivity index is 1.45. The van der Waals surface area contributed by atoms with Crippen LogP contribution >= 0.6 is 0 Å². The van der Waals surface area contributed by atoms with Gasteiger partial charge in [0.1, 0.15) is 18.2 Å². The lowest BCUT2D eigenvalue weighted by atomic mass is 10.1. The predicted octanol–water partition coefficient (Wildman–Crippen LogP) is 5.32. The second kappa shape index (κ2) is 9.01. The standard InChI is InChI=1S/C25H19FN2O2/c26-22-14-12-19(13-15-22)25(29)28-27-16-20-7-2-4-11-24(20)30-17-21-9-5-8-18-6-1-3-10-23(18)21/h1-16H,17H2,(H,28,29)/b27-16-. The molecule has 0 atom stereocenters. The highest BCUT2D eigenvalue weighted by Gasteiger charge is 2.06. The lowest BCUT2D eigenvalue weighted by Gasteiger charge is -2.11. The molecule has 148 valence electrons. The first-order valence-electron chi connectivity index (χ1n) is 9.48. The van der Waals surface area contributed by atoms with Crippen molar-refractivity contribution in [1.82, 2.24) is 5.43 Å². The second-order valence-corrected chi connectivity index (χ2v) is 6.67. The molecule has 0 fully saturated rings. The average Bonchev–Trinajstić information content (AvgIpc) is 2.79. The van der Waals surface area contributed by atoms with Gasteiger partial charge in [-0.3, -0.25) is 4.79 Å². The minimum absolute atomic E-state index is 0.328. The van der Waals surface area contributed by atoms with Crippen LogP contribution in [0.25, 0.3) is 10.8 Å². The van der Waals surface area contributed by atoms with Gasteiger partial charge in [-0.15, -0.1) is 0 Å². The zero-order valence-electron chi connectivity index (χ0n) is 16.1. The Morgan fingerprint density at radius 2 is 1.63 bits per heavy atom. The maximum atomic E-state index is 13.0. The third-order valence-electron chi connectivity index (χ3n) is 4.66. The smallest absolute Gasteiger partial charge is 0.271 e. The van der Waals surface area contributed by atoms with E-state index in [1.54, 1.807) is 0 Å². The van der Waals surface area contributed by atoms with E-state index in [0.29, 0.717) is 17.9 Å². The number of halogens is 1. The molecule has 0 saturated heterocycles. The van der Waals surface area contributed by atoms with E-state index in [4.69, 9.17) is 4.74 Å². The highest BCUT2D eigenvalue weighted by Crippen LogP contribution is 2.22. The van der Waals surface area contributed by atoms with E-state index in [9.17, 15) is 9.18 Å². The number of hydrogen-bond donors (Lipinski definition) is 1. The summed E-state index contributed by atoms with van der Waals surface area (Å²) in [5, 5.41) is 6.32. The summed E-state index contributed by atoms with van der Waals surface area (Å²) in [6, 6.07) is 27.0. The van der Waals surface area contributed by atoms with Gasteiger partial charge in [0.25, 0.3) is 5.91 Å². The van der Waals surface area contributed by atoms with Crippen molar-refractivity contribution in [3.05, 3.63) is 114 Å². The van der Waals surface area contributed by atoms with Crippen LogP contribution in [-0.2, 0) is 6.61 Å². The number of para-hydroxylation sites is 1. The van der Waals surface area contributed by atoms with E-state index in [-0.39, 0.29) is 0 Å². The normalized spacial score (nSPS) is 11.0. The van der Waals surface area contributed by atoms with E-state index in [2.05, 4.69) is 28.7 Å². The van der Waals surface area contributed by atoms with Gasteiger partial charge in [-0.05, 0) is 52.7 Å². The first-order chi connectivity index (χ1) is 14.7. The number of nitrogens with zero attached hydrogens (tertiary/aromatic N) is 1. The Bertz CT molecular complexity index is 1200. The Labute approximate surface area is 173 Å². The van der Waals surface area contributed by atoms with Gasteiger partial charge in [0.05, 0.1) is 6.21 Å². The minimum Gasteiger partial charge on any atom is -0.488 e. The van der Waals surface area contributed by atoms with Gasteiger partial charge in [0.2, 0.25) is 0 Å². The maximum Gasteiger partial charge on any atom is 0.271 e. The molecule has 0 aliphatic carbocycles. The summed E-state index contributed by atoms with van der Waals surface area (Å²) in [4.78, 5) is 12.1. The number of nitrogens with one attached hydrogen (secondary N) is 1. The molecule has 0 radical (unpaired) electrons. The van der Waals surface area contributed by atoms with E-state index >= 15 is 0 Å². The fraction of sp³-hybridized carbons (Fsp3) is 0.0400. The summed E-state index contributed by atoms with van der Waals surface area (Å²) < 4.78 is 19.0. The summed E-state index contributed by atoms with van der Waals surface area (Å²) >= 11 is 0. The van der Waals surface area contributed by atoms with Crippen LogP contribution in [0.15, 0.2) is 96.1 Å². The quantitative estimate of drug-likeness (QED) is 0.353. The number of carbonyl (C=O) groups excluding carboxylic acids is 1. The number of fused-ring (bicyclic) bond motifs is 1. The number of carbonyl (C=O) groups is 1. The monoisotopic (exact) mass is 398 g/mol. The van der Waals surface area contributed by atoms with Crippen LogP contribution in [0.1, 0.15) is 21.5 Å². The Hall–Kier alpha value is -3.99. The summed E-state index contributed by atoms with van der Waals surface area (Å²) in [6.07, 6.45) is 1.53. The molecule has 0 aromatic heterocycles. The molecule has 1 amide bonds. The van der Waals surface area contributed by atoms with Gasteiger partial charge in [-0.25, -0.2) is 9.82 Å². The van der Waals surface area contributed by atoms with Crippen molar-refractivity contribution in [2.75, 3.05) is 0 Å².